The van der Waals surface area contributed by atoms with E-state index in [2.05, 4.69) is 30.9 Å². The molecule has 0 bridgehead atoms. The summed E-state index contributed by atoms with van der Waals surface area (Å²) in [7, 11) is 0. The number of aliphatic imine (C=N–C) groups is 1. The van der Waals surface area contributed by atoms with Gasteiger partial charge in [-0.25, -0.2) is 9.97 Å². The molecule has 0 saturated carbocycles. The zero-order valence-electron chi connectivity index (χ0n) is 7.24. The molecule has 2 heterocycles. The minimum absolute atomic E-state index is 0.724. The summed E-state index contributed by atoms with van der Waals surface area (Å²) in [5.41, 5.74) is 0. The van der Waals surface area contributed by atoms with Crippen LogP contribution in [0.1, 0.15) is 6.92 Å². The zero-order valence-corrected chi connectivity index (χ0v) is 8.82. The quantitative estimate of drug-likeness (QED) is 0.747. The van der Waals surface area contributed by atoms with Gasteiger partial charge < -0.3 is 0 Å². The molecule has 1 aliphatic heterocycles. The summed E-state index contributed by atoms with van der Waals surface area (Å²) in [5.74, 6) is 1.71. The Morgan fingerprint density at radius 2 is 2.08 bits per heavy atom. The molecule has 0 aromatic carbocycles. The second-order valence-electron chi connectivity index (χ2n) is 2.78. The highest BCUT2D eigenvalue weighted by molar-refractivity contribution is 9.10. The molecule has 0 spiro atoms. The molecule has 0 aliphatic carbocycles. The highest BCUT2D eigenvalue weighted by atomic mass is 79.9. The smallest absolute Gasteiger partial charge is 0.230 e. The van der Waals surface area contributed by atoms with E-state index in [0.29, 0.717) is 0 Å². The summed E-state index contributed by atoms with van der Waals surface area (Å²) in [5, 5.41) is 0. The van der Waals surface area contributed by atoms with Gasteiger partial charge in [-0.3, -0.25) is 9.89 Å². The van der Waals surface area contributed by atoms with Crippen molar-refractivity contribution in [3.05, 3.63) is 16.9 Å². The molecule has 4 nitrogen and oxygen atoms in total. The third kappa shape index (κ3) is 1.70. The molecule has 1 aliphatic rings. The van der Waals surface area contributed by atoms with Gasteiger partial charge in [-0.05, 0) is 22.9 Å². The first kappa shape index (κ1) is 8.62. The summed E-state index contributed by atoms with van der Waals surface area (Å²) in [6.07, 6.45) is 3.49. The Balaban J connectivity index is 2.26. The van der Waals surface area contributed by atoms with E-state index in [1.54, 1.807) is 12.4 Å². The fourth-order valence-corrected chi connectivity index (χ4v) is 1.45. The van der Waals surface area contributed by atoms with Crippen molar-refractivity contribution in [1.82, 2.24) is 9.97 Å². The molecule has 0 fully saturated rings. The lowest BCUT2D eigenvalue weighted by atomic mass is 10.5. The molecule has 1 aromatic rings. The fourth-order valence-electron chi connectivity index (χ4n) is 1.25. The fraction of sp³-hybridized carbons (Fsp3) is 0.375. The first-order valence-electron chi connectivity index (χ1n) is 4.03. The Morgan fingerprint density at radius 3 is 2.62 bits per heavy atom. The molecule has 0 amide bonds. The predicted molar refractivity (Wildman–Crippen MR) is 55.1 cm³/mol. The van der Waals surface area contributed by atoms with Crippen LogP contribution in [0.5, 0.6) is 0 Å². The van der Waals surface area contributed by atoms with Crippen LogP contribution in [0, 0.1) is 0 Å². The minimum Gasteiger partial charge on any atom is -0.297 e. The number of amidine groups is 1. The Morgan fingerprint density at radius 1 is 1.38 bits per heavy atom. The highest BCUT2D eigenvalue weighted by Gasteiger charge is 2.16. The first-order valence-corrected chi connectivity index (χ1v) is 4.83. The summed E-state index contributed by atoms with van der Waals surface area (Å²) in [6, 6.07) is 0. The van der Waals surface area contributed by atoms with Crippen molar-refractivity contribution in [2.45, 2.75) is 6.92 Å². The zero-order chi connectivity index (χ0) is 9.26. The summed E-state index contributed by atoms with van der Waals surface area (Å²) < 4.78 is 0.894. The van der Waals surface area contributed by atoms with E-state index >= 15 is 0 Å². The SMILES string of the molecule is CC1=NCCN1c1ncc(Br)cn1. The number of halogens is 1. The summed E-state index contributed by atoms with van der Waals surface area (Å²) in [6.45, 7) is 3.69. The van der Waals surface area contributed by atoms with Crippen molar-refractivity contribution in [2.75, 3.05) is 18.0 Å². The van der Waals surface area contributed by atoms with Crippen molar-refractivity contribution >= 4 is 27.7 Å². The summed E-state index contributed by atoms with van der Waals surface area (Å²) >= 11 is 3.30. The molecule has 5 heteroatoms. The van der Waals surface area contributed by atoms with Gasteiger partial charge in [-0.15, -0.1) is 0 Å². The molecule has 0 atom stereocenters. The average Bonchev–Trinajstić information content (AvgIpc) is 2.53. The maximum atomic E-state index is 4.27. The molecule has 1 aromatic heterocycles. The van der Waals surface area contributed by atoms with Gasteiger partial charge in [0.05, 0.1) is 11.0 Å². The maximum Gasteiger partial charge on any atom is 0.230 e. The van der Waals surface area contributed by atoms with Gasteiger partial charge in [0.15, 0.2) is 0 Å². The van der Waals surface area contributed by atoms with Crippen LogP contribution in [0.25, 0.3) is 0 Å². The monoisotopic (exact) mass is 240 g/mol. The molecule has 0 unspecified atom stereocenters. The van der Waals surface area contributed by atoms with Crippen molar-refractivity contribution in [3.8, 4) is 0 Å². The van der Waals surface area contributed by atoms with Crippen molar-refractivity contribution in [3.63, 3.8) is 0 Å². The standard InChI is InChI=1S/C8H9BrN4/c1-6-10-2-3-13(6)8-11-4-7(9)5-12-8/h4-5H,2-3H2,1H3. The van der Waals surface area contributed by atoms with E-state index in [-0.39, 0.29) is 0 Å². The molecular weight excluding hydrogens is 232 g/mol. The van der Waals surface area contributed by atoms with Crippen LogP contribution in [-0.2, 0) is 0 Å². The van der Waals surface area contributed by atoms with Gasteiger partial charge in [0.25, 0.3) is 0 Å². The molecule has 0 saturated heterocycles. The molecular formula is C8H9BrN4. The number of nitrogens with zero attached hydrogens (tertiary/aromatic N) is 4. The molecule has 68 valence electrons. The van der Waals surface area contributed by atoms with Crippen LogP contribution in [0.4, 0.5) is 5.95 Å². The van der Waals surface area contributed by atoms with Gasteiger partial charge in [0.2, 0.25) is 5.95 Å². The van der Waals surface area contributed by atoms with Gasteiger partial charge in [-0.2, -0.15) is 0 Å². The van der Waals surface area contributed by atoms with Crippen molar-refractivity contribution in [2.24, 2.45) is 4.99 Å². The number of anilines is 1. The minimum atomic E-state index is 0.724. The third-order valence-corrected chi connectivity index (χ3v) is 2.31. The van der Waals surface area contributed by atoms with E-state index in [1.165, 1.54) is 0 Å². The second kappa shape index (κ2) is 3.41. The van der Waals surface area contributed by atoms with E-state index < -0.39 is 0 Å². The Labute approximate surface area is 84.8 Å². The van der Waals surface area contributed by atoms with Gasteiger partial charge in [0.1, 0.15) is 5.84 Å². The van der Waals surface area contributed by atoms with Crippen LogP contribution >= 0.6 is 15.9 Å². The van der Waals surface area contributed by atoms with E-state index in [1.807, 2.05) is 11.8 Å². The number of aromatic nitrogens is 2. The number of rotatable bonds is 1. The maximum absolute atomic E-state index is 4.27. The van der Waals surface area contributed by atoms with Gasteiger partial charge in [-0.1, -0.05) is 0 Å². The number of hydrogen-bond donors (Lipinski definition) is 0. The molecule has 0 radical (unpaired) electrons. The van der Waals surface area contributed by atoms with E-state index in [0.717, 1.165) is 29.3 Å². The third-order valence-electron chi connectivity index (χ3n) is 1.90. The van der Waals surface area contributed by atoms with Crippen LogP contribution in [0.2, 0.25) is 0 Å². The first-order chi connectivity index (χ1) is 6.27. The predicted octanol–water partition coefficient (Wildman–Crippen LogP) is 1.48. The lowest BCUT2D eigenvalue weighted by Gasteiger charge is -2.14. The normalized spacial score (nSPS) is 16.2. The average molecular weight is 241 g/mol. The van der Waals surface area contributed by atoms with E-state index in [9.17, 15) is 0 Å². The van der Waals surface area contributed by atoms with Crippen LogP contribution in [0.3, 0.4) is 0 Å². The lowest BCUT2D eigenvalue weighted by Crippen LogP contribution is -2.26. The Hall–Kier alpha value is -0.970. The van der Waals surface area contributed by atoms with Crippen LogP contribution in [0.15, 0.2) is 21.9 Å². The van der Waals surface area contributed by atoms with Crippen molar-refractivity contribution in [1.29, 1.82) is 0 Å². The Kier molecular flexibility index (Phi) is 2.26. The van der Waals surface area contributed by atoms with Gasteiger partial charge in [0, 0.05) is 18.9 Å². The highest BCUT2D eigenvalue weighted by Crippen LogP contribution is 2.13. The largest absolute Gasteiger partial charge is 0.297 e. The molecule has 13 heavy (non-hydrogen) atoms. The van der Waals surface area contributed by atoms with E-state index in [4.69, 9.17) is 0 Å². The number of hydrogen-bond acceptors (Lipinski definition) is 4. The summed E-state index contributed by atoms with van der Waals surface area (Å²) in [4.78, 5) is 14.7. The Bertz CT molecular complexity index is 333. The lowest BCUT2D eigenvalue weighted by molar-refractivity contribution is 0.961. The molecule has 0 N–H and O–H groups in total. The van der Waals surface area contributed by atoms with Crippen molar-refractivity contribution < 1.29 is 0 Å². The van der Waals surface area contributed by atoms with Crippen LogP contribution < -0.4 is 4.90 Å². The second-order valence-corrected chi connectivity index (χ2v) is 3.70. The topological polar surface area (TPSA) is 41.4 Å². The van der Waals surface area contributed by atoms with Crippen LogP contribution in [-0.4, -0.2) is 28.9 Å². The van der Waals surface area contributed by atoms with Gasteiger partial charge >= 0.3 is 0 Å². The molecule has 2 rings (SSSR count).